The predicted octanol–water partition coefficient (Wildman–Crippen LogP) is 3.76. The molecule has 0 spiro atoms. The van der Waals surface area contributed by atoms with Crippen molar-refractivity contribution < 1.29 is 4.79 Å². The number of piperidine rings is 1. The second kappa shape index (κ2) is 8.30. The average Bonchev–Trinajstić information content (AvgIpc) is 2.67. The summed E-state index contributed by atoms with van der Waals surface area (Å²) >= 11 is 0. The van der Waals surface area contributed by atoms with E-state index in [2.05, 4.69) is 60.5 Å². The molecule has 1 heterocycles. The Balaban J connectivity index is 1.75. The van der Waals surface area contributed by atoms with Crippen molar-refractivity contribution >= 4 is 5.91 Å². The number of hydrogen-bond acceptors (Lipinski definition) is 2. The third-order valence-corrected chi connectivity index (χ3v) is 5.41. The molecule has 3 rings (SSSR count). The first-order chi connectivity index (χ1) is 12.1. The zero-order valence-electron chi connectivity index (χ0n) is 15.3. The molecule has 3 nitrogen and oxygen atoms in total. The van der Waals surface area contributed by atoms with Crippen LogP contribution in [0.1, 0.15) is 36.3 Å². The Morgan fingerprint density at radius 3 is 1.96 bits per heavy atom. The largest absolute Gasteiger partial charge is 0.343 e. The van der Waals surface area contributed by atoms with E-state index in [9.17, 15) is 4.79 Å². The van der Waals surface area contributed by atoms with E-state index in [4.69, 9.17) is 0 Å². The van der Waals surface area contributed by atoms with Crippen molar-refractivity contribution in [1.82, 2.24) is 9.80 Å². The first-order valence-corrected chi connectivity index (χ1v) is 9.19. The van der Waals surface area contributed by atoms with E-state index in [0.29, 0.717) is 12.5 Å². The lowest BCUT2D eigenvalue weighted by Crippen LogP contribution is -2.44. The summed E-state index contributed by atoms with van der Waals surface area (Å²) < 4.78 is 0. The van der Waals surface area contributed by atoms with E-state index in [-0.39, 0.29) is 11.8 Å². The Morgan fingerprint density at radius 2 is 1.48 bits per heavy atom. The van der Waals surface area contributed by atoms with Gasteiger partial charge >= 0.3 is 0 Å². The van der Waals surface area contributed by atoms with Crippen molar-refractivity contribution in [3.63, 3.8) is 0 Å². The molecule has 0 bridgehead atoms. The summed E-state index contributed by atoms with van der Waals surface area (Å²) in [5.41, 5.74) is 2.41. The van der Waals surface area contributed by atoms with Crippen molar-refractivity contribution in [2.75, 3.05) is 27.2 Å². The number of likely N-dealkylation sites (tertiary alicyclic amines) is 1. The van der Waals surface area contributed by atoms with Gasteiger partial charge in [0.05, 0.1) is 0 Å². The molecule has 0 unspecified atom stereocenters. The lowest BCUT2D eigenvalue weighted by atomic mass is 9.88. The summed E-state index contributed by atoms with van der Waals surface area (Å²) in [6.07, 6.45) is 2.66. The molecule has 0 radical (unpaired) electrons. The topological polar surface area (TPSA) is 23.6 Å². The molecule has 1 aliphatic rings. The molecule has 0 atom stereocenters. The van der Waals surface area contributed by atoms with Crippen molar-refractivity contribution in [1.29, 1.82) is 0 Å². The summed E-state index contributed by atoms with van der Waals surface area (Å²) in [4.78, 5) is 17.3. The zero-order chi connectivity index (χ0) is 17.6. The van der Waals surface area contributed by atoms with Crippen LogP contribution in [0.4, 0.5) is 0 Å². The quantitative estimate of drug-likeness (QED) is 0.830. The highest BCUT2D eigenvalue weighted by Gasteiger charge is 2.26. The molecule has 0 saturated carbocycles. The molecular weight excluding hydrogens is 308 g/mol. The second-order valence-electron chi connectivity index (χ2n) is 7.12. The van der Waals surface area contributed by atoms with E-state index >= 15 is 0 Å². The van der Waals surface area contributed by atoms with Crippen LogP contribution in [-0.4, -0.2) is 48.9 Å². The number of hydrogen-bond donors (Lipinski definition) is 0. The maximum Gasteiger partial charge on any atom is 0.223 e. The van der Waals surface area contributed by atoms with Gasteiger partial charge in [-0.05, 0) is 44.1 Å². The average molecular weight is 336 g/mol. The fourth-order valence-corrected chi connectivity index (χ4v) is 3.70. The molecule has 132 valence electrons. The third-order valence-electron chi connectivity index (χ3n) is 5.41. The van der Waals surface area contributed by atoms with Crippen LogP contribution in [0.5, 0.6) is 0 Å². The van der Waals surface area contributed by atoms with Crippen LogP contribution in [0, 0.1) is 0 Å². The third kappa shape index (κ3) is 4.49. The molecule has 2 aromatic carbocycles. The Bertz CT molecular complexity index is 623. The first-order valence-electron chi connectivity index (χ1n) is 9.19. The van der Waals surface area contributed by atoms with Gasteiger partial charge in [0, 0.05) is 25.4 Å². The monoisotopic (exact) mass is 336 g/mol. The van der Waals surface area contributed by atoms with Crippen molar-refractivity contribution in [3.05, 3.63) is 71.8 Å². The zero-order valence-corrected chi connectivity index (χ0v) is 15.3. The van der Waals surface area contributed by atoms with Crippen LogP contribution >= 0.6 is 0 Å². The highest BCUT2D eigenvalue weighted by molar-refractivity contribution is 5.78. The van der Waals surface area contributed by atoms with E-state index in [0.717, 1.165) is 25.9 Å². The van der Waals surface area contributed by atoms with Crippen molar-refractivity contribution in [2.24, 2.45) is 0 Å². The standard InChI is InChI=1S/C22H28N2O/c1-23-15-13-20(14-16-23)24(2)22(25)17-21(18-9-5-3-6-10-18)19-11-7-4-8-12-19/h3-12,20-21H,13-17H2,1-2H3. The number of nitrogens with zero attached hydrogens (tertiary/aromatic N) is 2. The van der Waals surface area contributed by atoms with Gasteiger partial charge in [-0.25, -0.2) is 0 Å². The first kappa shape index (κ1) is 17.7. The molecule has 3 heteroatoms. The van der Waals surface area contributed by atoms with Gasteiger partial charge in [0.15, 0.2) is 0 Å². The fourth-order valence-electron chi connectivity index (χ4n) is 3.70. The number of benzene rings is 2. The van der Waals surface area contributed by atoms with Crippen LogP contribution in [0.15, 0.2) is 60.7 Å². The van der Waals surface area contributed by atoms with Crippen LogP contribution in [0.2, 0.25) is 0 Å². The maximum absolute atomic E-state index is 13.0. The Kier molecular flexibility index (Phi) is 5.87. The van der Waals surface area contributed by atoms with Gasteiger partial charge in [-0.15, -0.1) is 0 Å². The van der Waals surface area contributed by atoms with Crippen LogP contribution < -0.4 is 0 Å². The lowest BCUT2D eigenvalue weighted by Gasteiger charge is -2.35. The SMILES string of the molecule is CN1CCC(N(C)C(=O)CC(c2ccccc2)c2ccccc2)CC1. The van der Waals surface area contributed by atoms with E-state index in [1.807, 2.05) is 24.1 Å². The van der Waals surface area contributed by atoms with Gasteiger partial charge in [0.2, 0.25) is 5.91 Å². The summed E-state index contributed by atoms with van der Waals surface area (Å²) in [6.45, 7) is 2.15. The molecule has 2 aromatic rings. The maximum atomic E-state index is 13.0. The highest BCUT2D eigenvalue weighted by atomic mass is 16.2. The lowest BCUT2D eigenvalue weighted by molar-refractivity contribution is -0.133. The van der Waals surface area contributed by atoms with Crippen molar-refractivity contribution in [2.45, 2.75) is 31.2 Å². The van der Waals surface area contributed by atoms with Gasteiger partial charge in [0.1, 0.15) is 0 Å². The van der Waals surface area contributed by atoms with E-state index in [1.54, 1.807) is 0 Å². The molecule has 1 saturated heterocycles. The molecule has 25 heavy (non-hydrogen) atoms. The highest BCUT2D eigenvalue weighted by Crippen LogP contribution is 2.29. The Hall–Kier alpha value is -2.13. The van der Waals surface area contributed by atoms with Crippen molar-refractivity contribution in [3.8, 4) is 0 Å². The molecule has 0 aliphatic carbocycles. The second-order valence-corrected chi connectivity index (χ2v) is 7.12. The molecule has 0 N–H and O–H groups in total. The van der Waals surface area contributed by atoms with Gasteiger partial charge < -0.3 is 9.80 Å². The molecule has 1 fully saturated rings. The Labute approximate surface area is 151 Å². The van der Waals surface area contributed by atoms with Gasteiger partial charge in [-0.1, -0.05) is 60.7 Å². The molecule has 1 amide bonds. The number of amides is 1. The number of carbonyl (C=O) groups excluding carboxylic acids is 1. The normalized spacial score (nSPS) is 16.1. The molecule has 1 aliphatic heterocycles. The minimum atomic E-state index is 0.114. The summed E-state index contributed by atoms with van der Waals surface area (Å²) in [5.74, 6) is 0.357. The van der Waals surface area contributed by atoms with Gasteiger partial charge in [0.25, 0.3) is 0 Å². The Morgan fingerprint density at radius 1 is 1.00 bits per heavy atom. The van der Waals surface area contributed by atoms with Crippen LogP contribution in [-0.2, 0) is 4.79 Å². The number of rotatable bonds is 5. The molecular formula is C22H28N2O. The summed E-state index contributed by atoms with van der Waals surface area (Å²) in [7, 11) is 4.13. The smallest absolute Gasteiger partial charge is 0.223 e. The summed E-state index contributed by atoms with van der Waals surface area (Å²) in [5, 5.41) is 0. The van der Waals surface area contributed by atoms with E-state index < -0.39 is 0 Å². The summed E-state index contributed by atoms with van der Waals surface area (Å²) in [6, 6.07) is 21.1. The van der Waals surface area contributed by atoms with Crippen LogP contribution in [0.25, 0.3) is 0 Å². The number of carbonyl (C=O) groups is 1. The fraction of sp³-hybridized carbons (Fsp3) is 0.409. The minimum absolute atomic E-state index is 0.114. The van der Waals surface area contributed by atoms with Crippen LogP contribution in [0.3, 0.4) is 0 Å². The van der Waals surface area contributed by atoms with Gasteiger partial charge in [-0.2, -0.15) is 0 Å². The molecule has 0 aromatic heterocycles. The van der Waals surface area contributed by atoms with Gasteiger partial charge in [-0.3, -0.25) is 4.79 Å². The minimum Gasteiger partial charge on any atom is -0.343 e. The van der Waals surface area contributed by atoms with E-state index in [1.165, 1.54) is 11.1 Å². The predicted molar refractivity (Wildman–Crippen MR) is 103 cm³/mol.